The lowest BCUT2D eigenvalue weighted by molar-refractivity contribution is -0.117. The first-order chi connectivity index (χ1) is 17.4. The van der Waals surface area contributed by atoms with Gasteiger partial charge in [0, 0.05) is 29.1 Å². The van der Waals surface area contributed by atoms with Gasteiger partial charge in [-0.25, -0.2) is 4.98 Å². The van der Waals surface area contributed by atoms with Gasteiger partial charge in [0.1, 0.15) is 11.6 Å². The molecule has 9 heteroatoms. The minimum absolute atomic E-state index is 0.0419. The number of amides is 1. The molecule has 6 nitrogen and oxygen atoms in total. The zero-order valence-electron chi connectivity index (χ0n) is 19.7. The van der Waals surface area contributed by atoms with E-state index < -0.39 is 0 Å². The molecule has 1 amide bonds. The molecule has 4 heterocycles. The van der Waals surface area contributed by atoms with Crippen LogP contribution in [0.5, 0.6) is 0 Å². The third kappa shape index (κ3) is 3.86. The second kappa shape index (κ2) is 9.14. The van der Waals surface area contributed by atoms with E-state index in [9.17, 15) is 4.79 Å². The molecule has 1 atom stereocenters. The van der Waals surface area contributed by atoms with E-state index in [1.54, 1.807) is 23.9 Å². The van der Waals surface area contributed by atoms with Gasteiger partial charge in [0.15, 0.2) is 0 Å². The molecule has 6 rings (SSSR count). The lowest BCUT2D eigenvalue weighted by atomic mass is 10.0. The van der Waals surface area contributed by atoms with Gasteiger partial charge in [0.25, 0.3) is 0 Å². The van der Waals surface area contributed by atoms with E-state index in [2.05, 4.69) is 39.4 Å². The highest BCUT2D eigenvalue weighted by atomic mass is 35.5. The standard InChI is InChI=1S/C27H22Cl2N4O2S/c1-15-26(16(2)35-31-15)17-5-8-23-22(12-17)30-27(33(23)19-4-3-11-36-14-19)24-9-10-25(34)32(24)18-6-7-20(28)21(29)13-18/h3-8,11-13,24H,9-10,14H2,1-2H3/t24-/m0/s1. The number of imidazole rings is 1. The molecule has 0 N–H and O–H groups in total. The van der Waals surface area contributed by atoms with Gasteiger partial charge in [-0.15, -0.1) is 11.8 Å². The Kier molecular flexibility index (Phi) is 5.94. The first-order valence-corrected chi connectivity index (χ1v) is 13.4. The highest BCUT2D eigenvalue weighted by Gasteiger charge is 2.37. The highest BCUT2D eigenvalue weighted by molar-refractivity contribution is 8.02. The number of nitrogens with zero attached hydrogens (tertiary/aromatic N) is 4. The quantitative estimate of drug-likeness (QED) is 0.269. The van der Waals surface area contributed by atoms with Crippen molar-refractivity contribution in [1.82, 2.24) is 14.7 Å². The highest BCUT2D eigenvalue weighted by Crippen LogP contribution is 2.41. The number of aryl methyl sites for hydroxylation is 2. The molecule has 2 aromatic heterocycles. The fourth-order valence-electron chi connectivity index (χ4n) is 5.09. The fraction of sp³-hybridized carbons (Fsp3) is 0.222. The Bertz CT molecular complexity index is 1570. The number of carbonyl (C=O) groups excluding carboxylic acids is 1. The van der Waals surface area contributed by atoms with Crippen LogP contribution in [0.3, 0.4) is 0 Å². The van der Waals surface area contributed by atoms with Crippen molar-refractivity contribution in [3.05, 3.63) is 81.3 Å². The normalized spacial score (nSPS) is 17.9. The second-order valence-corrected chi connectivity index (χ2v) is 10.6. The molecular formula is C27H22Cl2N4O2S. The summed E-state index contributed by atoms with van der Waals surface area (Å²) in [4.78, 5) is 20.0. The number of thioether (sulfide) groups is 1. The molecule has 1 saturated heterocycles. The number of carbonyl (C=O) groups is 1. The van der Waals surface area contributed by atoms with Gasteiger partial charge in [0.05, 0.1) is 32.8 Å². The Morgan fingerprint density at radius 1 is 1.11 bits per heavy atom. The first-order valence-electron chi connectivity index (χ1n) is 11.6. The summed E-state index contributed by atoms with van der Waals surface area (Å²) >= 11 is 14.2. The topological polar surface area (TPSA) is 64.2 Å². The Labute approximate surface area is 222 Å². The second-order valence-electron chi connectivity index (χ2n) is 8.92. The van der Waals surface area contributed by atoms with Gasteiger partial charge in [-0.1, -0.05) is 40.5 Å². The number of allylic oxidation sites excluding steroid dienone is 2. The fourth-order valence-corrected chi connectivity index (χ4v) is 6.06. The van der Waals surface area contributed by atoms with Gasteiger partial charge >= 0.3 is 0 Å². The van der Waals surface area contributed by atoms with Gasteiger partial charge < -0.3 is 9.42 Å². The maximum atomic E-state index is 13.1. The van der Waals surface area contributed by atoms with Crippen molar-refractivity contribution in [3.63, 3.8) is 0 Å². The third-order valence-corrected chi connectivity index (χ3v) is 8.23. The van der Waals surface area contributed by atoms with Crippen LogP contribution in [-0.2, 0) is 4.79 Å². The first kappa shape index (κ1) is 23.4. The average molecular weight is 537 g/mol. The zero-order valence-corrected chi connectivity index (χ0v) is 22.0. The molecule has 0 bridgehead atoms. The molecule has 182 valence electrons. The molecule has 0 unspecified atom stereocenters. The molecule has 0 aliphatic carbocycles. The lowest BCUT2D eigenvalue weighted by Gasteiger charge is -2.26. The number of anilines is 1. The molecule has 36 heavy (non-hydrogen) atoms. The van der Waals surface area contributed by atoms with E-state index in [1.165, 1.54) is 0 Å². The molecular weight excluding hydrogens is 515 g/mol. The van der Waals surface area contributed by atoms with E-state index in [4.69, 9.17) is 32.7 Å². The van der Waals surface area contributed by atoms with Crippen LogP contribution in [0.25, 0.3) is 27.9 Å². The monoisotopic (exact) mass is 536 g/mol. The SMILES string of the molecule is Cc1noc(C)c1-c1ccc2c(c1)nc([C@@H]1CCC(=O)N1c1ccc(Cl)c(Cl)c1)n2C1=CC=CSC1. The molecule has 0 radical (unpaired) electrons. The van der Waals surface area contributed by atoms with E-state index in [1.807, 2.05) is 30.9 Å². The molecule has 4 aromatic rings. The number of halogens is 2. The van der Waals surface area contributed by atoms with Crippen LogP contribution >= 0.6 is 35.0 Å². The van der Waals surface area contributed by atoms with Gasteiger partial charge in [-0.3, -0.25) is 9.36 Å². The van der Waals surface area contributed by atoms with Crippen LogP contribution < -0.4 is 4.90 Å². The number of rotatable bonds is 4. The van der Waals surface area contributed by atoms with Crippen molar-refractivity contribution in [3.8, 4) is 11.1 Å². The Morgan fingerprint density at radius 3 is 2.69 bits per heavy atom. The van der Waals surface area contributed by atoms with Crippen molar-refractivity contribution in [2.24, 2.45) is 0 Å². The number of hydrogen-bond acceptors (Lipinski definition) is 5. The summed E-state index contributed by atoms with van der Waals surface area (Å²) in [7, 11) is 0. The smallest absolute Gasteiger partial charge is 0.227 e. The summed E-state index contributed by atoms with van der Waals surface area (Å²) in [5, 5.41) is 7.07. The predicted octanol–water partition coefficient (Wildman–Crippen LogP) is 7.58. The third-order valence-electron chi connectivity index (χ3n) is 6.68. The van der Waals surface area contributed by atoms with Crippen LogP contribution in [0.2, 0.25) is 10.0 Å². The maximum Gasteiger partial charge on any atom is 0.227 e. The van der Waals surface area contributed by atoms with Crippen LogP contribution in [0, 0.1) is 13.8 Å². The largest absolute Gasteiger partial charge is 0.361 e. The van der Waals surface area contributed by atoms with Crippen LogP contribution in [-0.4, -0.2) is 26.4 Å². The van der Waals surface area contributed by atoms with Crippen LogP contribution in [0.1, 0.15) is 36.2 Å². The minimum atomic E-state index is -0.235. The Morgan fingerprint density at radius 2 is 1.97 bits per heavy atom. The molecule has 2 aliphatic rings. The van der Waals surface area contributed by atoms with Crippen molar-refractivity contribution in [1.29, 1.82) is 0 Å². The molecule has 0 saturated carbocycles. The lowest BCUT2D eigenvalue weighted by Crippen LogP contribution is -2.29. The van der Waals surface area contributed by atoms with Gasteiger partial charge in [-0.05, 0) is 67.6 Å². The molecule has 2 aliphatic heterocycles. The zero-order chi connectivity index (χ0) is 25.0. The minimum Gasteiger partial charge on any atom is -0.361 e. The Hall–Kier alpha value is -3.00. The molecule has 2 aromatic carbocycles. The summed E-state index contributed by atoms with van der Waals surface area (Å²) in [5.74, 6) is 2.46. The number of aromatic nitrogens is 3. The van der Waals surface area contributed by atoms with Crippen LogP contribution in [0.15, 0.2) is 58.5 Å². The van der Waals surface area contributed by atoms with Crippen LogP contribution in [0.4, 0.5) is 5.69 Å². The molecule has 1 fully saturated rings. The summed E-state index contributed by atoms with van der Waals surface area (Å²) in [6, 6.07) is 11.3. The Balaban J connectivity index is 1.54. The van der Waals surface area contributed by atoms with E-state index in [-0.39, 0.29) is 11.9 Å². The van der Waals surface area contributed by atoms with Crippen molar-refractivity contribution in [2.45, 2.75) is 32.7 Å². The maximum absolute atomic E-state index is 13.1. The predicted molar refractivity (Wildman–Crippen MR) is 146 cm³/mol. The summed E-state index contributed by atoms with van der Waals surface area (Å²) in [6.45, 7) is 3.86. The van der Waals surface area contributed by atoms with Crippen molar-refractivity contribution < 1.29 is 9.32 Å². The van der Waals surface area contributed by atoms with E-state index in [0.29, 0.717) is 22.9 Å². The summed E-state index contributed by atoms with van der Waals surface area (Å²) in [6.07, 6.45) is 5.26. The number of benzene rings is 2. The number of hydrogen-bond donors (Lipinski definition) is 0. The van der Waals surface area contributed by atoms with E-state index in [0.717, 1.165) is 56.6 Å². The van der Waals surface area contributed by atoms with Gasteiger partial charge in [0.2, 0.25) is 5.91 Å². The average Bonchev–Trinajstić information content (AvgIpc) is 3.55. The summed E-state index contributed by atoms with van der Waals surface area (Å²) < 4.78 is 7.61. The van der Waals surface area contributed by atoms with E-state index >= 15 is 0 Å². The number of fused-ring (bicyclic) bond motifs is 1. The molecule has 0 spiro atoms. The van der Waals surface area contributed by atoms with Gasteiger partial charge in [-0.2, -0.15) is 0 Å². The summed E-state index contributed by atoms with van der Waals surface area (Å²) in [5.41, 5.74) is 6.53. The van der Waals surface area contributed by atoms with Crippen molar-refractivity contribution in [2.75, 3.05) is 10.7 Å². The van der Waals surface area contributed by atoms with Crippen molar-refractivity contribution >= 4 is 63.3 Å².